The van der Waals surface area contributed by atoms with Crippen LogP contribution in [0.4, 0.5) is 0 Å². The van der Waals surface area contributed by atoms with Gasteiger partial charge in [0.05, 0.1) is 6.10 Å². The summed E-state index contributed by atoms with van der Waals surface area (Å²) in [5.74, 6) is 0. The maximum absolute atomic E-state index is 6.30. The van der Waals surface area contributed by atoms with E-state index in [1.165, 1.54) is 21.9 Å². The third-order valence-electron chi connectivity index (χ3n) is 4.28. The van der Waals surface area contributed by atoms with Crippen LogP contribution in [0.5, 0.6) is 0 Å². The molecule has 3 aromatic carbocycles. The summed E-state index contributed by atoms with van der Waals surface area (Å²) in [5.41, 5.74) is 2.45. The van der Waals surface area contributed by atoms with Gasteiger partial charge in [0.2, 0.25) is 0 Å². The molecule has 0 radical (unpaired) electrons. The Morgan fingerprint density at radius 1 is 0.773 bits per heavy atom. The van der Waals surface area contributed by atoms with E-state index >= 15 is 0 Å². The maximum Gasteiger partial charge on any atom is 0.135 e. The van der Waals surface area contributed by atoms with Crippen molar-refractivity contribution >= 4 is 10.8 Å². The van der Waals surface area contributed by atoms with Crippen molar-refractivity contribution in [3.05, 3.63) is 83.9 Å². The standard InChI is InChI=1S/C20H19NO/c1-2-7-16(8-3-1)19-12-13-21-20(22-19)18-11-10-15-6-4-5-9-17(15)14-18/h1-11,14,19-21H,12-13H2. The Labute approximate surface area is 130 Å². The first-order valence-corrected chi connectivity index (χ1v) is 7.83. The third kappa shape index (κ3) is 2.63. The lowest BCUT2D eigenvalue weighted by atomic mass is 10.0. The van der Waals surface area contributed by atoms with E-state index in [1.807, 2.05) is 6.07 Å². The monoisotopic (exact) mass is 289 g/mol. The average molecular weight is 289 g/mol. The molecule has 1 aliphatic rings. The number of hydrogen-bond donors (Lipinski definition) is 1. The van der Waals surface area contributed by atoms with Gasteiger partial charge in [-0.1, -0.05) is 66.7 Å². The molecule has 1 heterocycles. The lowest BCUT2D eigenvalue weighted by molar-refractivity contribution is -0.0653. The molecule has 0 saturated carbocycles. The molecular weight excluding hydrogens is 270 g/mol. The van der Waals surface area contributed by atoms with Crippen LogP contribution in [-0.4, -0.2) is 6.54 Å². The van der Waals surface area contributed by atoms with Gasteiger partial charge in [-0.2, -0.15) is 0 Å². The quantitative estimate of drug-likeness (QED) is 0.745. The van der Waals surface area contributed by atoms with Gasteiger partial charge < -0.3 is 4.74 Å². The molecule has 0 aromatic heterocycles. The van der Waals surface area contributed by atoms with E-state index in [0.717, 1.165) is 13.0 Å². The molecule has 3 aromatic rings. The van der Waals surface area contributed by atoms with Crippen LogP contribution in [0.25, 0.3) is 10.8 Å². The lowest BCUT2D eigenvalue weighted by Gasteiger charge is -2.31. The second-order valence-electron chi connectivity index (χ2n) is 5.76. The van der Waals surface area contributed by atoms with E-state index in [2.05, 4.69) is 72.0 Å². The first kappa shape index (κ1) is 13.5. The molecule has 0 spiro atoms. The van der Waals surface area contributed by atoms with Crippen LogP contribution in [0.2, 0.25) is 0 Å². The van der Waals surface area contributed by atoms with E-state index in [4.69, 9.17) is 4.74 Å². The van der Waals surface area contributed by atoms with Crippen LogP contribution >= 0.6 is 0 Å². The number of hydrogen-bond acceptors (Lipinski definition) is 2. The van der Waals surface area contributed by atoms with Crippen LogP contribution in [0.3, 0.4) is 0 Å². The highest BCUT2D eigenvalue weighted by Gasteiger charge is 2.24. The van der Waals surface area contributed by atoms with Gasteiger partial charge in [0.1, 0.15) is 6.23 Å². The minimum Gasteiger partial charge on any atom is -0.351 e. The summed E-state index contributed by atoms with van der Waals surface area (Å²) in [7, 11) is 0. The van der Waals surface area contributed by atoms with Gasteiger partial charge in [-0.05, 0) is 34.4 Å². The van der Waals surface area contributed by atoms with Crippen molar-refractivity contribution in [3.63, 3.8) is 0 Å². The summed E-state index contributed by atoms with van der Waals surface area (Å²) in [6.45, 7) is 0.969. The van der Waals surface area contributed by atoms with Crippen molar-refractivity contribution in [2.24, 2.45) is 0 Å². The third-order valence-corrected chi connectivity index (χ3v) is 4.28. The highest BCUT2D eigenvalue weighted by atomic mass is 16.5. The number of rotatable bonds is 2. The molecule has 0 amide bonds. The zero-order chi connectivity index (χ0) is 14.8. The molecule has 2 nitrogen and oxygen atoms in total. The van der Waals surface area contributed by atoms with Gasteiger partial charge in [-0.25, -0.2) is 0 Å². The molecule has 0 bridgehead atoms. The fraction of sp³-hybridized carbons (Fsp3) is 0.200. The first-order chi connectivity index (χ1) is 10.9. The summed E-state index contributed by atoms with van der Waals surface area (Å²) >= 11 is 0. The second kappa shape index (κ2) is 5.91. The molecule has 22 heavy (non-hydrogen) atoms. The van der Waals surface area contributed by atoms with Gasteiger partial charge in [-0.15, -0.1) is 0 Å². The van der Waals surface area contributed by atoms with Crippen LogP contribution < -0.4 is 5.32 Å². The zero-order valence-corrected chi connectivity index (χ0v) is 12.4. The van der Waals surface area contributed by atoms with Crippen molar-refractivity contribution in [3.8, 4) is 0 Å². The second-order valence-corrected chi connectivity index (χ2v) is 5.76. The van der Waals surface area contributed by atoms with Gasteiger partial charge in [-0.3, -0.25) is 5.32 Å². The molecular formula is C20H19NO. The SMILES string of the molecule is c1ccc(C2CCNC(c3ccc4ccccc4c3)O2)cc1. The fourth-order valence-corrected chi connectivity index (χ4v) is 3.11. The highest BCUT2D eigenvalue weighted by molar-refractivity contribution is 5.83. The lowest BCUT2D eigenvalue weighted by Crippen LogP contribution is -2.33. The van der Waals surface area contributed by atoms with Crippen LogP contribution in [-0.2, 0) is 4.74 Å². The van der Waals surface area contributed by atoms with Gasteiger partial charge in [0.25, 0.3) is 0 Å². The van der Waals surface area contributed by atoms with Crippen LogP contribution in [0.1, 0.15) is 29.9 Å². The van der Waals surface area contributed by atoms with Crippen molar-refractivity contribution in [1.82, 2.24) is 5.32 Å². The topological polar surface area (TPSA) is 21.3 Å². The predicted molar refractivity (Wildman–Crippen MR) is 89.6 cm³/mol. The van der Waals surface area contributed by atoms with E-state index in [9.17, 15) is 0 Å². The zero-order valence-electron chi connectivity index (χ0n) is 12.4. The van der Waals surface area contributed by atoms with E-state index in [1.54, 1.807) is 0 Å². The fourth-order valence-electron chi connectivity index (χ4n) is 3.11. The molecule has 1 fully saturated rings. The van der Waals surface area contributed by atoms with Crippen molar-refractivity contribution in [2.45, 2.75) is 18.8 Å². The Hall–Kier alpha value is -2.16. The summed E-state index contributed by atoms with van der Waals surface area (Å²) in [6, 6.07) is 25.5. The van der Waals surface area contributed by atoms with Gasteiger partial charge in [0.15, 0.2) is 0 Å². The maximum atomic E-state index is 6.30. The largest absolute Gasteiger partial charge is 0.351 e. The molecule has 0 aliphatic carbocycles. The Balaban J connectivity index is 1.61. The minimum atomic E-state index is -0.0384. The van der Waals surface area contributed by atoms with Gasteiger partial charge >= 0.3 is 0 Å². The number of ether oxygens (including phenoxy) is 1. The normalized spacial score (nSPS) is 21.8. The molecule has 2 heteroatoms. The van der Waals surface area contributed by atoms with Gasteiger partial charge in [0, 0.05) is 6.54 Å². The summed E-state index contributed by atoms with van der Waals surface area (Å²) in [6.07, 6.45) is 1.14. The van der Waals surface area contributed by atoms with Crippen molar-refractivity contribution in [1.29, 1.82) is 0 Å². The van der Waals surface area contributed by atoms with Crippen molar-refractivity contribution in [2.75, 3.05) is 6.54 Å². The Morgan fingerprint density at radius 2 is 1.55 bits per heavy atom. The Bertz CT molecular complexity index is 769. The summed E-state index contributed by atoms with van der Waals surface area (Å²) in [5, 5.41) is 6.00. The van der Waals surface area contributed by atoms with Crippen LogP contribution in [0.15, 0.2) is 72.8 Å². The molecule has 1 N–H and O–H groups in total. The number of benzene rings is 3. The Morgan fingerprint density at radius 3 is 2.41 bits per heavy atom. The molecule has 1 aliphatic heterocycles. The summed E-state index contributed by atoms with van der Waals surface area (Å²) in [4.78, 5) is 0. The number of nitrogens with one attached hydrogen (secondary N) is 1. The molecule has 1 saturated heterocycles. The first-order valence-electron chi connectivity index (χ1n) is 7.83. The molecule has 2 unspecified atom stereocenters. The predicted octanol–water partition coefficient (Wildman–Crippen LogP) is 4.59. The Kier molecular flexibility index (Phi) is 3.63. The summed E-state index contributed by atoms with van der Waals surface area (Å²) < 4.78 is 6.30. The average Bonchev–Trinajstić information content (AvgIpc) is 2.62. The number of fused-ring (bicyclic) bond motifs is 1. The van der Waals surface area contributed by atoms with E-state index in [0.29, 0.717) is 0 Å². The van der Waals surface area contributed by atoms with E-state index in [-0.39, 0.29) is 12.3 Å². The van der Waals surface area contributed by atoms with Crippen molar-refractivity contribution < 1.29 is 4.74 Å². The smallest absolute Gasteiger partial charge is 0.135 e. The highest BCUT2D eigenvalue weighted by Crippen LogP contribution is 2.32. The molecule has 4 rings (SSSR count). The van der Waals surface area contributed by atoms with Crippen LogP contribution in [0, 0.1) is 0 Å². The minimum absolute atomic E-state index is 0.0384. The van der Waals surface area contributed by atoms with E-state index < -0.39 is 0 Å². The molecule has 110 valence electrons. The molecule has 2 atom stereocenters.